The lowest BCUT2D eigenvalue weighted by Gasteiger charge is -2.42. The van der Waals surface area contributed by atoms with Crippen LogP contribution in [0.25, 0.3) is 0 Å². The van der Waals surface area contributed by atoms with Gasteiger partial charge in [0.15, 0.2) is 5.41 Å². The zero-order valence-corrected chi connectivity index (χ0v) is 22.1. The number of aliphatic carboxylic acids is 1. The molecule has 0 aromatic carbocycles. The summed E-state index contributed by atoms with van der Waals surface area (Å²) in [5.74, 6) is -2.27. The number of nitrogens with zero attached hydrogens (tertiary/aromatic N) is 1. The number of carbonyl (C=O) groups is 4. The Morgan fingerprint density at radius 2 is 1.09 bits per heavy atom. The second-order valence-corrected chi connectivity index (χ2v) is 12.5. The van der Waals surface area contributed by atoms with E-state index >= 15 is 0 Å². The Bertz CT molecular complexity index is 731. The van der Waals surface area contributed by atoms with Crippen molar-refractivity contribution in [1.82, 2.24) is 4.90 Å². The van der Waals surface area contributed by atoms with Gasteiger partial charge in [-0.25, -0.2) is 0 Å². The van der Waals surface area contributed by atoms with Crippen LogP contribution in [-0.4, -0.2) is 58.1 Å². The average molecular weight is 470 g/mol. The highest BCUT2D eigenvalue weighted by Crippen LogP contribution is 2.39. The number of hydrogen-bond acceptors (Lipinski definition) is 6. The first-order chi connectivity index (χ1) is 14.6. The maximum atomic E-state index is 13.3. The normalized spacial score (nSPS) is 17.3. The third-order valence-corrected chi connectivity index (χ3v) is 6.02. The van der Waals surface area contributed by atoms with Crippen molar-refractivity contribution in [3.8, 4) is 0 Å². The summed E-state index contributed by atoms with van der Waals surface area (Å²) in [6, 6.07) is 0. The molecule has 1 fully saturated rings. The minimum atomic E-state index is -1.47. The van der Waals surface area contributed by atoms with E-state index in [0.717, 1.165) is 0 Å². The summed E-state index contributed by atoms with van der Waals surface area (Å²) >= 11 is 0. The van der Waals surface area contributed by atoms with E-state index in [1.807, 2.05) is 0 Å². The van der Waals surface area contributed by atoms with Crippen molar-refractivity contribution in [2.75, 3.05) is 13.1 Å². The van der Waals surface area contributed by atoms with Crippen LogP contribution < -0.4 is 0 Å². The molecule has 0 aromatic rings. The molecule has 1 rings (SSSR count). The average Bonchev–Trinajstić information content (AvgIpc) is 2.63. The highest BCUT2D eigenvalue weighted by Gasteiger charge is 2.53. The van der Waals surface area contributed by atoms with E-state index < -0.39 is 45.4 Å². The fourth-order valence-electron chi connectivity index (χ4n) is 3.60. The molecule has 0 saturated carbocycles. The van der Waals surface area contributed by atoms with Crippen LogP contribution >= 0.6 is 0 Å². The van der Waals surface area contributed by atoms with Crippen molar-refractivity contribution in [3.63, 3.8) is 0 Å². The summed E-state index contributed by atoms with van der Waals surface area (Å²) in [4.78, 5) is 52.6. The number of piperidine rings is 1. The molecular formula is C25H43NO7. The van der Waals surface area contributed by atoms with Crippen molar-refractivity contribution in [1.29, 1.82) is 0 Å². The molecule has 190 valence electrons. The Kier molecular flexibility index (Phi) is 8.43. The van der Waals surface area contributed by atoms with Crippen molar-refractivity contribution in [2.24, 2.45) is 16.2 Å². The van der Waals surface area contributed by atoms with Gasteiger partial charge < -0.3 is 19.5 Å². The van der Waals surface area contributed by atoms with Crippen LogP contribution in [0.2, 0.25) is 0 Å². The van der Waals surface area contributed by atoms with Crippen LogP contribution in [0.1, 0.15) is 94.9 Å². The van der Waals surface area contributed by atoms with Gasteiger partial charge in [0.1, 0.15) is 11.2 Å². The van der Waals surface area contributed by atoms with Gasteiger partial charge in [-0.15, -0.1) is 0 Å². The van der Waals surface area contributed by atoms with E-state index in [1.165, 1.54) is 0 Å². The molecule has 1 amide bonds. The lowest BCUT2D eigenvalue weighted by atomic mass is 9.75. The van der Waals surface area contributed by atoms with Gasteiger partial charge in [0.05, 0.1) is 5.41 Å². The number of carbonyl (C=O) groups excluding carboxylic acids is 3. The Labute approximate surface area is 198 Å². The molecule has 0 aromatic heterocycles. The van der Waals surface area contributed by atoms with E-state index in [0.29, 0.717) is 12.8 Å². The molecular weight excluding hydrogens is 426 g/mol. The first kappa shape index (κ1) is 28.9. The molecule has 0 aliphatic carbocycles. The molecule has 1 aliphatic rings. The minimum absolute atomic E-state index is 0.110. The zero-order valence-electron chi connectivity index (χ0n) is 22.1. The first-order valence-corrected chi connectivity index (χ1v) is 11.6. The highest BCUT2D eigenvalue weighted by molar-refractivity contribution is 6.00. The monoisotopic (exact) mass is 469 g/mol. The molecule has 0 radical (unpaired) electrons. The molecule has 0 atom stereocenters. The fraction of sp³-hybridized carbons (Fsp3) is 0.840. The van der Waals surface area contributed by atoms with Gasteiger partial charge in [0, 0.05) is 18.5 Å². The van der Waals surface area contributed by atoms with Gasteiger partial charge in [0.25, 0.3) is 0 Å². The molecule has 8 nitrogen and oxygen atoms in total. The molecule has 1 heterocycles. The summed E-state index contributed by atoms with van der Waals surface area (Å²) in [6.45, 7) is 17.8. The van der Waals surface area contributed by atoms with Gasteiger partial charge in [-0.3, -0.25) is 19.2 Å². The number of rotatable bonds is 7. The summed E-state index contributed by atoms with van der Waals surface area (Å²) in [5.41, 5.74) is -4.70. The summed E-state index contributed by atoms with van der Waals surface area (Å²) in [6.07, 6.45) is 0.984. The fourth-order valence-corrected chi connectivity index (χ4v) is 3.60. The number of carboxylic acids is 1. The third-order valence-electron chi connectivity index (χ3n) is 6.02. The van der Waals surface area contributed by atoms with Crippen LogP contribution in [0.15, 0.2) is 0 Å². The molecule has 1 N–H and O–H groups in total. The molecule has 1 saturated heterocycles. The molecule has 0 unspecified atom stereocenters. The Morgan fingerprint density at radius 1 is 0.727 bits per heavy atom. The third kappa shape index (κ3) is 7.71. The molecule has 0 spiro atoms. The van der Waals surface area contributed by atoms with Crippen LogP contribution in [0.5, 0.6) is 0 Å². The van der Waals surface area contributed by atoms with Gasteiger partial charge in [0.2, 0.25) is 5.91 Å². The predicted molar refractivity (Wildman–Crippen MR) is 124 cm³/mol. The quantitative estimate of drug-likeness (QED) is 0.439. The van der Waals surface area contributed by atoms with Crippen molar-refractivity contribution >= 4 is 23.8 Å². The molecule has 33 heavy (non-hydrogen) atoms. The summed E-state index contributed by atoms with van der Waals surface area (Å²) in [7, 11) is 0. The van der Waals surface area contributed by atoms with Gasteiger partial charge in [-0.2, -0.15) is 0 Å². The molecule has 1 aliphatic heterocycles. The maximum absolute atomic E-state index is 13.3. The number of ether oxygens (including phenoxy) is 2. The lowest BCUT2D eigenvalue weighted by molar-refractivity contribution is -0.190. The number of likely N-dealkylation sites (tertiary alicyclic amines) is 1. The zero-order chi connectivity index (χ0) is 26.0. The largest absolute Gasteiger partial charge is 0.481 e. The van der Waals surface area contributed by atoms with E-state index in [1.54, 1.807) is 74.1 Å². The van der Waals surface area contributed by atoms with Gasteiger partial charge >= 0.3 is 17.9 Å². The van der Waals surface area contributed by atoms with Crippen LogP contribution in [0, 0.1) is 16.2 Å². The van der Waals surface area contributed by atoms with Gasteiger partial charge in [-0.05, 0) is 81.1 Å². The first-order valence-electron chi connectivity index (χ1n) is 11.6. The predicted octanol–water partition coefficient (Wildman–Crippen LogP) is 4.20. The smallest absolute Gasteiger partial charge is 0.324 e. The number of hydrogen-bond donors (Lipinski definition) is 1. The minimum Gasteiger partial charge on any atom is -0.481 e. The number of carboxylic acid groups (broad SMARTS) is 1. The lowest BCUT2D eigenvalue weighted by Crippen LogP contribution is -2.55. The van der Waals surface area contributed by atoms with Crippen LogP contribution in [0.4, 0.5) is 0 Å². The van der Waals surface area contributed by atoms with Crippen LogP contribution in [-0.2, 0) is 28.7 Å². The Morgan fingerprint density at radius 3 is 1.42 bits per heavy atom. The van der Waals surface area contributed by atoms with Crippen molar-refractivity contribution in [3.05, 3.63) is 0 Å². The van der Waals surface area contributed by atoms with E-state index in [-0.39, 0.29) is 31.8 Å². The maximum Gasteiger partial charge on any atom is 0.324 e. The Hall–Kier alpha value is -2.12. The number of esters is 2. The highest BCUT2D eigenvalue weighted by atomic mass is 16.6. The van der Waals surface area contributed by atoms with Crippen molar-refractivity contribution < 1.29 is 33.8 Å². The second kappa shape index (κ2) is 9.63. The topological polar surface area (TPSA) is 110 Å². The van der Waals surface area contributed by atoms with Crippen molar-refractivity contribution in [2.45, 2.75) is 106 Å². The summed E-state index contributed by atoms with van der Waals surface area (Å²) < 4.78 is 11.2. The molecule has 8 heteroatoms. The SMILES string of the molecule is CC(C)(C)OC(=O)C1(C(=O)OC(C)(C)C)CCN(C(=O)C(C)(C)CCC(C)(C)C(=O)O)CC1. The van der Waals surface area contributed by atoms with Crippen LogP contribution in [0.3, 0.4) is 0 Å². The molecule has 0 bridgehead atoms. The second-order valence-electron chi connectivity index (χ2n) is 12.5. The van der Waals surface area contributed by atoms with E-state index in [2.05, 4.69) is 0 Å². The van der Waals surface area contributed by atoms with E-state index in [9.17, 15) is 24.3 Å². The van der Waals surface area contributed by atoms with Gasteiger partial charge in [-0.1, -0.05) is 13.8 Å². The Balaban J connectivity index is 3.03. The summed E-state index contributed by atoms with van der Waals surface area (Å²) in [5, 5.41) is 9.37. The van der Waals surface area contributed by atoms with E-state index in [4.69, 9.17) is 9.47 Å². The standard InChI is InChI=1S/C25H43NO7/c1-21(2,3)32-19(30)25(20(31)33-22(4,5)6)13-15-26(16-14-25)17(27)23(7,8)11-12-24(9,10)18(28)29/h11-16H2,1-10H3,(H,28,29). The number of amides is 1.